The van der Waals surface area contributed by atoms with E-state index < -0.39 is 6.11 Å². The van der Waals surface area contributed by atoms with Crippen LogP contribution < -0.4 is 0 Å². The molecule has 3 heteroatoms. The van der Waals surface area contributed by atoms with E-state index in [-0.39, 0.29) is 18.9 Å². The molecular formula is C25H34F2O. The van der Waals surface area contributed by atoms with Gasteiger partial charge in [0, 0.05) is 6.42 Å². The van der Waals surface area contributed by atoms with Crippen molar-refractivity contribution in [1.82, 2.24) is 0 Å². The van der Waals surface area contributed by atoms with E-state index in [1.54, 1.807) is 0 Å². The van der Waals surface area contributed by atoms with E-state index in [2.05, 4.69) is 31.4 Å². The van der Waals surface area contributed by atoms with Gasteiger partial charge in [-0.05, 0) is 86.2 Å². The van der Waals surface area contributed by atoms with Crippen LogP contribution in [0.2, 0.25) is 0 Å². The van der Waals surface area contributed by atoms with Crippen molar-refractivity contribution in [3.05, 3.63) is 60.7 Å². The molecule has 3 rings (SSSR count). The third-order valence-corrected chi connectivity index (χ3v) is 6.76. The van der Waals surface area contributed by atoms with Crippen molar-refractivity contribution >= 4 is 0 Å². The van der Waals surface area contributed by atoms with Gasteiger partial charge in [0.2, 0.25) is 0 Å². The van der Waals surface area contributed by atoms with Crippen molar-refractivity contribution in [1.29, 1.82) is 0 Å². The zero-order valence-electron chi connectivity index (χ0n) is 16.9. The Morgan fingerprint density at radius 3 is 1.93 bits per heavy atom. The molecule has 0 N–H and O–H groups in total. The van der Waals surface area contributed by atoms with Gasteiger partial charge in [-0.25, -0.2) is 0 Å². The molecule has 0 heterocycles. The van der Waals surface area contributed by atoms with E-state index in [9.17, 15) is 8.78 Å². The lowest BCUT2D eigenvalue weighted by Crippen LogP contribution is -2.26. The molecule has 1 nitrogen and oxygen atoms in total. The Bertz CT molecular complexity index is 620. The summed E-state index contributed by atoms with van der Waals surface area (Å²) in [6.45, 7) is 7.68. The van der Waals surface area contributed by atoms with E-state index in [0.29, 0.717) is 17.8 Å². The van der Waals surface area contributed by atoms with Gasteiger partial charge in [-0.2, -0.15) is 8.78 Å². The van der Waals surface area contributed by atoms with Crippen LogP contribution in [0, 0.1) is 17.8 Å². The Labute approximate surface area is 168 Å². The molecule has 1 aromatic rings. The van der Waals surface area contributed by atoms with Crippen molar-refractivity contribution < 1.29 is 13.5 Å². The second-order valence-electron chi connectivity index (χ2n) is 8.74. The first-order valence-electron chi connectivity index (χ1n) is 10.8. The molecule has 2 aliphatic carbocycles. The average Bonchev–Trinajstić information content (AvgIpc) is 2.73. The van der Waals surface area contributed by atoms with Crippen LogP contribution in [-0.4, -0.2) is 6.11 Å². The van der Waals surface area contributed by atoms with Crippen molar-refractivity contribution in [2.75, 3.05) is 0 Å². The minimum absolute atomic E-state index is 0.0293. The number of allylic oxidation sites excluding steroid dienone is 2. The van der Waals surface area contributed by atoms with Gasteiger partial charge in [0.25, 0.3) is 0 Å². The van der Waals surface area contributed by atoms with E-state index >= 15 is 0 Å². The second kappa shape index (κ2) is 9.82. The summed E-state index contributed by atoms with van der Waals surface area (Å²) < 4.78 is 33.5. The van der Waals surface area contributed by atoms with Gasteiger partial charge >= 0.3 is 6.11 Å². The highest BCUT2D eigenvalue weighted by atomic mass is 19.3. The van der Waals surface area contributed by atoms with Gasteiger partial charge < -0.3 is 4.74 Å². The summed E-state index contributed by atoms with van der Waals surface area (Å²) in [6, 6.07) is 8.07. The zero-order chi connectivity index (χ0) is 20.0. The molecule has 0 atom stereocenters. The average molecular weight is 389 g/mol. The fraction of sp³-hybridized carbons (Fsp3) is 0.600. The number of benzene rings is 1. The molecule has 2 aliphatic rings. The summed E-state index contributed by atoms with van der Waals surface area (Å²) in [5.74, 6) is 1.78. The van der Waals surface area contributed by atoms with Gasteiger partial charge in [-0.1, -0.05) is 36.4 Å². The Morgan fingerprint density at radius 1 is 0.857 bits per heavy atom. The first-order valence-corrected chi connectivity index (χ1v) is 10.8. The molecule has 1 aromatic carbocycles. The van der Waals surface area contributed by atoms with Crippen LogP contribution >= 0.6 is 0 Å². The lowest BCUT2D eigenvalue weighted by atomic mass is 9.79. The maximum atomic E-state index is 14.3. The number of alkyl halides is 2. The molecule has 28 heavy (non-hydrogen) atoms. The summed E-state index contributed by atoms with van der Waals surface area (Å²) in [5.41, 5.74) is 2.13. The minimum atomic E-state index is -3.05. The van der Waals surface area contributed by atoms with E-state index in [4.69, 9.17) is 4.74 Å². The highest BCUT2D eigenvalue weighted by molar-refractivity contribution is 5.25. The normalized spacial score (nSPS) is 28.6. The molecule has 0 spiro atoms. The highest BCUT2D eigenvalue weighted by Gasteiger charge is 2.35. The standard InChI is InChI=1S/C25H34F2O/c1-3-19-5-7-21(8-6-19)17-25(26,27)28-18-22-11-15-24(16-12-22)23-13-9-20(4-2)10-14-23/h3-4,11-12,15-16,19-21,23H,1-2,5-10,13-14,17-18H2/t19-,20-,21-,23-. The number of ether oxygens (including phenoxy) is 1. The quantitative estimate of drug-likeness (QED) is 0.416. The van der Waals surface area contributed by atoms with Crippen LogP contribution in [0.3, 0.4) is 0 Å². The summed E-state index contributed by atoms with van der Waals surface area (Å²) in [5, 5.41) is 0. The molecule has 2 saturated carbocycles. The predicted octanol–water partition coefficient (Wildman–Crippen LogP) is 7.64. The highest BCUT2D eigenvalue weighted by Crippen LogP contribution is 2.38. The summed E-state index contributed by atoms with van der Waals surface area (Å²) in [7, 11) is 0. The summed E-state index contributed by atoms with van der Waals surface area (Å²) >= 11 is 0. The molecule has 0 saturated heterocycles. The topological polar surface area (TPSA) is 9.23 Å². The fourth-order valence-corrected chi connectivity index (χ4v) is 4.79. The lowest BCUT2D eigenvalue weighted by molar-refractivity contribution is -0.256. The predicted molar refractivity (Wildman–Crippen MR) is 111 cm³/mol. The van der Waals surface area contributed by atoms with Crippen molar-refractivity contribution in [2.45, 2.75) is 76.4 Å². The molecule has 2 fully saturated rings. The van der Waals surface area contributed by atoms with E-state index in [1.165, 1.54) is 31.2 Å². The number of hydrogen-bond donors (Lipinski definition) is 0. The molecule has 0 bridgehead atoms. The van der Waals surface area contributed by atoms with Crippen molar-refractivity contribution in [3.63, 3.8) is 0 Å². The van der Waals surface area contributed by atoms with Gasteiger partial charge in [0.15, 0.2) is 0 Å². The molecule has 0 amide bonds. The third-order valence-electron chi connectivity index (χ3n) is 6.76. The first-order chi connectivity index (χ1) is 13.5. The molecule has 0 radical (unpaired) electrons. The molecular weight excluding hydrogens is 354 g/mol. The van der Waals surface area contributed by atoms with Crippen molar-refractivity contribution in [3.8, 4) is 0 Å². The zero-order valence-corrected chi connectivity index (χ0v) is 16.9. The molecule has 0 aromatic heterocycles. The van der Waals surface area contributed by atoms with Crippen LogP contribution in [0.4, 0.5) is 8.78 Å². The lowest BCUT2D eigenvalue weighted by Gasteiger charge is -2.29. The SMILES string of the molecule is C=C[C@H]1CC[C@H](CC(F)(F)OCc2ccc([C@H]3CC[C@H](C=C)CC3)cc2)CC1. The van der Waals surface area contributed by atoms with Gasteiger partial charge in [0.1, 0.15) is 0 Å². The summed E-state index contributed by atoms with van der Waals surface area (Å²) in [4.78, 5) is 0. The summed E-state index contributed by atoms with van der Waals surface area (Å²) in [6.07, 6.45) is 9.20. The monoisotopic (exact) mass is 388 g/mol. The number of hydrogen-bond acceptors (Lipinski definition) is 1. The van der Waals surface area contributed by atoms with Crippen LogP contribution in [0.1, 0.15) is 74.8 Å². The second-order valence-corrected chi connectivity index (χ2v) is 8.74. The van der Waals surface area contributed by atoms with E-state index in [0.717, 1.165) is 31.2 Å². The molecule has 154 valence electrons. The Balaban J connectivity index is 1.45. The maximum Gasteiger partial charge on any atom is 0.356 e. The van der Waals surface area contributed by atoms with Crippen LogP contribution in [0.5, 0.6) is 0 Å². The fourth-order valence-electron chi connectivity index (χ4n) is 4.79. The van der Waals surface area contributed by atoms with E-state index in [1.807, 2.05) is 18.2 Å². The number of rotatable bonds is 8. The molecule has 0 aliphatic heterocycles. The largest absolute Gasteiger partial charge is 0.356 e. The van der Waals surface area contributed by atoms with Crippen LogP contribution in [0.25, 0.3) is 0 Å². The Kier molecular flexibility index (Phi) is 7.45. The van der Waals surface area contributed by atoms with Crippen LogP contribution in [0.15, 0.2) is 49.6 Å². The van der Waals surface area contributed by atoms with Crippen LogP contribution in [-0.2, 0) is 11.3 Å². The Hall–Kier alpha value is -1.48. The Morgan fingerprint density at radius 2 is 1.39 bits per heavy atom. The minimum Gasteiger partial charge on any atom is -0.316 e. The van der Waals surface area contributed by atoms with Gasteiger partial charge in [-0.15, -0.1) is 13.2 Å². The number of halogens is 2. The molecule has 0 unspecified atom stereocenters. The smallest absolute Gasteiger partial charge is 0.316 e. The van der Waals surface area contributed by atoms with Gasteiger partial charge in [-0.3, -0.25) is 0 Å². The first kappa shape index (κ1) is 21.2. The van der Waals surface area contributed by atoms with Gasteiger partial charge in [0.05, 0.1) is 6.61 Å². The maximum absolute atomic E-state index is 14.3. The third kappa shape index (κ3) is 6.01. The van der Waals surface area contributed by atoms with Crippen molar-refractivity contribution in [2.24, 2.45) is 17.8 Å².